The second-order valence-electron chi connectivity index (χ2n) is 20.7. The van der Waals surface area contributed by atoms with Crippen molar-refractivity contribution in [3.8, 4) is 23.0 Å². The Labute approximate surface area is 513 Å². The molecule has 0 aliphatic carbocycles. The molecular weight excluding hydrogens is 1120 g/mol. The second kappa shape index (κ2) is 34.7. The third-order valence-corrected chi connectivity index (χ3v) is 13.9. The summed E-state index contributed by atoms with van der Waals surface area (Å²) in [5.74, 6) is -0.514. The third kappa shape index (κ3) is 21.6. The molecule has 0 fully saturated rings. The van der Waals surface area contributed by atoms with Gasteiger partial charge in [-0.15, -0.1) is 0 Å². The maximum absolute atomic E-state index is 13.6. The van der Waals surface area contributed by atoms with Crippen LogP contribution in [0.5, 0.6) is 23.0 Å². The van der Waals surface area contributed by atoms with Crippen molar-refractivity contribution < 1.29 is 76.0 Å². The summed E-state index contributed by atoms with van der Waals surface area (Å²) in [6, 6.07) is 60.1. The molecule has 0 saturated carbocycles. The molecule has 0 amide bonds. The molecule has 456 valence electrons. The van der Waals surface area contributed by atoms with Crippen molar-refractivity contribution in [1.29, 1.82) is 0 Å². The van der Waals surface area contributed by atoms with Crippen LogP contribution in [0.2, 0.25) is 0 Å². The molecular formula is C72H72O16. The van der Waals surface area contributed by atoms with E-state index < -0.39 is 23.9 Å². The van der Waals surface area contributed by atoms with Gasteiger partial charge in [0, 0.05) is 22.3 Å². The Morgan fingerprint density at radius 3 is 0.670 bits per heavy atom. The number of carbonyl (C=O) groups is 4. The average Bonchev–Trinajstić information content (AvgIpc) is 3.70. The molecule has 8 aromatic carbocycles. The first-order valence-electron chi connectivity index (χ1n) is 29.3. The van der Waals surface area contributed by atoms with E-state index in [9.17, 15) is 19.2 Å². The van der Waals surface area contributed by atoms with Gasteiger partial charge in [0.2, 0.25) is 0 Å². The second-order valence-corrected chi connectivity index (χ2v) is 20.7. The predicted molar refractivity (Wildman–Crippen MR) is 326 cm³/mol. The van der Waals surface area contributed by atoms with Crippen LogP contribution in [-0.4, -0.2) is 76.7 Å². The summed E-state index contributed by atoms with van der Waals surface area (Å²) in [6.07, 6.45) is -0.254. The average molecular weight is 1190 g/mol. The summed E-state index contributed by atoms with van der Waals surface area (Å²) in [5, 5.41) is 0. The van der Waals surface area contributed by atoms with Crippen LogP contribution in [0.1, 0.15) is 66.8 Å². The third-order valence-electron chi connectivity index (χ3n) is 13.9. The van der Waals surface area contributed by atoms with E-state index in [-0.39, 0.29) is 105 Å². The number of rotatable bonds is 24. The molecule has 0 atom stereocenters. The molecule has 15 rings (SSSR count). The zero-order valence-electron chi connectivity index (χ0n) is 49.1. The van der Waals surface area contributed by atoms with E-state index in [0.717, 1.165) is 22.3 Å². The van der Waals surface area contributed by atoms with Crippen LogP contribution in [0.3, 0.4) is 0 Å². The molecule has 8 aromatic rings. The van der Waals surface area contributed by atoms with Gasteiger partial charge in [-0.1, -0.05) is 170 Å². The quantitative estimate of drug-likeness (QED) is 0.0316. The van der Waals surface area contributed by atoms with E-state index in [1.54, 1.807) is 72.8 Å². The molecule has 88 heavy (non-hydrogen) atoms. The first kappa shape index (κ1) is 63.2. The lowest BCUT2D eigenvalue weighted by Crippen LogP contribution is -2.14. The maximum atomic E-state index is 13.6. The lowest BCUT2D eigenvalue weighted by atomic mass is 10.1. The summed E-state index contributed by atoms with van der Waals surface area (Å²) >= 11 is 0. The number of esters is 4. The molecule has 0 aromatic heterocycles. The van der Waals surface area contributed by atoms with Crippen LogP contribution >= 0.6 is 0 Å². The Balaban J connectivity index is 0.928. The minimum Gasteiger partial charge on any atom is -0.491 e. The number of benzene rings is 8. The van der Waals surface area contributed by atoms with Crippen molar-refractivity contribution >= 4 is 23.9 Å². The molecule has 0 radical (unpaired) electrons. The zero-order chi connectivity index (χ0) is 60.8. The van der Waals surface area contributed by atoms with E-state index >= 15 is 0 Å². The Bertz CT molecular complexity index is 2970. The first-order valence-corrected chi connectivity index (χ1v) is 29.3. The SMILES string of the molecule is O=C1Cc2ccc(cc2)CC(=O)OCc2cc(OCCOCc3ccccc3)c(cc2OCCOCc2ccccc2)COC(=O)Cc2ccc(cc2)CC(=O)OCc2cc(OCCOCc3ccccc3)c(cc2OCCOCc2ccccc2)CO1. The topological polar surface area (TPSA) is 179 Å². The molecule has 0 spiro atoms. The minimum atomic E-state index is -0.508. The van der Waals surface area contributed by atoms with Crippen LogP contribution < -0.4 is 18.9 Å². The van der Waals surface area contributed by atoms with Gasteiger partial charge in [-0.3, -0.25) is 19.2 Å². The lowest BCUT2D eigenvalue weighted by Gasteiger charge is -2.18. The Kier molecular flexibility index (Phi) is 24.9. The fourth-order valence-electron chi connectivity index (χ4n) is 9.23. The van der Waals surface area contributed by atoms with Gasteiger partial charge in [0.25, 0.3) is 0 Å². The number of hydrogen-bond acceptors (Lipinski definition) is 16. The monoisotopic (exact) mass is 1190 g/mol. The van der Waals surface area contributed by atoms with Gasteiger partial charge < -0.3 is 56.8 Å². The van der Waals surface area contributed by atoms with Crippen LogP contribution in [0.15, 0.2) is 194 Å². The Morgan fingerprint density at radius 2 is 0.466 bits per heavy atom. The zero-order valence-corrected chi connectivity index (χ0v) is 49.1. The molecule has 0 saturated heterocycles. The van der Waals surface area contributed by atoms with E-state index in [4.69, 9.17) is 56.8 Å². The van der Waals surface area contributed by atoms with Gasteiger partial charge >= 0.3 is 23.9 Å². The van der Waals surface area contributed by atoms with Crippen molar-refractivity contribution in [3.63, 3.8) is 0 Å². The van der Waals surface area contributed by atoms with Crippen LogP contribution in [0.4, 0.5) is 0 Å². The molecule has 7 aliphatic rings. The molecule has 16 nitrogen and oxygen atoms in total. The fraction of sp³-hybridized carbons (Fsp3) is 0.278. The van der Waals surface area contributed by atoms with E-state index in [1.165, 1.54) is 0 Å². The highest BCUT2D eigenvalue weighted by Crippen LogP contribution is 2.33. The highest BCUT2D eigenvalue weighted by Gasteiger charge is 2.20. The van der Waals surface area contributed by atoms with Gasteiger partial charge in [-0.05, 0) is 68.8 Å². The smallest absolute Gasteiger partial charge is 0.310 e. The lowest BCUT2D eigenvalue weighted by molar-refractivity contribution is -0.145. The van der Waals surface area contributed by atoms with Crippen LogP contribution in [0, 0.1) is 0 Å². The molecule has 7 aliphatic heterocycles. The summed E-state index contributed by atoms with van der Waals surface area (Å²) in [7, 11) is 0. The number of ether oxygens (including phenoxy) is 12. The summed E-state index contributed by atoms with van der Waals surface area (Å²) in [5.41, 5.74) is 8.71. The van der Waals surface area contributed by atoms with Crippen molar-refractivity contribution in [2.75, 3.05) is 52.9 Å². The molecule has 0 unspecified atom stereocenters. The molecule has 8 bridgehead atoms. The standard InChI is InChI=1S/C72H72O16/c73-69-37-53-21-23-55(24-22-53)39-71(75)87-51-63-43-68(84-36-32-80-48-60-19-11-4-12-20-60)64(44-67(63)83-35-31-79-47-59-17-9-3-10-18-59)52-88-72(76)40-56-27-25-54(26-28-56)38-70(74)86-50-62-41-65(81-33-29-77-45-57-13-5-1-6-14-57)61(49-85-69)42-66(62)82-34-30-78-46-58-15-7-2-8-16-58/h1-28,41-44H,29-40,45-52H2. The van der Waals surface area contributed by atoms with Crippen LogP contribution in [0.25, 0.3) is 0 Å². The molecule has 16 heteroatoms. The first-order chi connectivity index (χ1) is 43.2. The summed E-state index contributed by atoms with van der Waals surface area (Å²) in [6.45, 7) is 2.49. The largest absolute Gasteiger partial charge is 0.491 e. The fourth-order valence-corrected chi connectivity index (χ4v) is 9.23. The normalized spacial score (nSPS) is 13.4. The summed E-state index contributed by atoms with van der Waals surface area (Å²) < 4.78 is 72.5. The van der Waals surface area contributed by atoms with E-state index in [2.05, 4.69) is 0 Å². The maximum Gasteiger partial charge on any atom is 0.310 e. The highest BCUT2D eigenvalue weighted by molar-refractivity contribution is 5.75. The number of carbonyl (C=O) groups excluding carboxylic acids is 4. The minimum absolute atomic E-state index is 0.0636. The van der Waals surface area contributed by atoms with Crippen molar-refractivity contribution in [2.45, 2.75) is 78.5 Å². The van der Waals surface area contributed by atoms with Crippen molar-refractivity contribution in [3.05, 3.63) is 261 Å². The predicted octanol–water partition coefficient (Wildman–Crippen LogP) is 11.5. The van der Waals surface area contributed by atoms with Gasteiger partial charge in [-0.25, -0.2) is 0 Å². The van der Waals surface area contributed by atoms with Gasteiger partial charge in [0.05, 0.1) is 78.5 Å². The number of hydrogen-bond donors (Lipinski definition) is 0. The van der Waals surface area contributed by atoms with E-state index in [0.29, 0.717) is 93.9 Å². The highest BCUT2D eigenvalue weighted by atomic mass is 16.6. The Morgan fingerprint density at radius 1 is 0.261 bits per heavy atom. The molecule has 7 heterocycles. The van der Waals surface area contributed by atoms with Gasteiger partial charge in [0.15, 0.2) is 0 Å². The van der Waals surface area contributed by atoms with E-state index in [1.807, 2.05) is 121 Å². The Hall–Kier alpha value is -9.32. The van der Waals surface area contributed by atoms with Crippen molar-refractivity contribution in [1.82, 2.24) is 0 Å². The van der Waals surface area contributed by atoms with Gasteiger partial charge in [0.1, 0.15) is 75.9 Å². The van der Waals surface area contributed by atoms with Gasteiger partial charge in [-0.2, -0.15) is 0 Å². The van der Waals surface area contributed by atoms with Crippen LogP contribution in [-0.2, 0) is 136 Å². The molecule has 0 N–H and O–H groups in total. The van der Waals surface area contributed by atoms with Crippen molar-refractivity contribution in [2.24, 2.45) is 0 Å². The summed E-state index contributed by atoms with van der Waals surface area (Å²) in [4.78, 5) is 54.3.